The molecule has 0 spiro atoms. The maximum absolute atomic E-state index is 3.28. The Morgan fingerprint density at radius 3 is 2.33 bits per heavy atom. The largest absolute Gasteiger partial charge is 0.320 e. The summed E-state index contributed by atoms with van der Waals surface area (Å²) in [7, 11) is 2.06. The highest BCUT2D eigenvalue weighted by atomic mass is 15.2. The summed E-state index contributed by atoms with van der Waals surface area (Å²) in [5.41, 5.74) is 0. The smallest absolute Gasteiger partial charge is 0.0110 e. The zero-order valence-corrected chi connectivity index (χ0v) is 10.8. The molecule has 2 nitrogen and oxygen atoms in total. The molecule has 0 aromatic carbocycles. The van der Waals surface area contributed by atoms with Crippen LogP contribution >= 0.6 is 0 Å². The van der Waals surface area contributed by atoms with Crippen molar-refractivity contribution in [2.45, 2.75) is 52.0 Å². The summed E-state index contributed by atoms with van der Waals surface area (Å²) < 4.78 is 0. The van der Waals surface area contributed by atoms with Crippen LogP contribution in [0, 0.1) is 5.92 Å². The van der Waals surface area contributed by atoms with Crippen molar-refractivity contribution < 1.29 is 0 Å². The van der Waals surface area contributed by atoms with Gasteiger partial charge in [0, 0.05) is 6.04 Å². The Bertz CT molecular complexity index is 151. The second-order valence-corrected chi connectivity index (χ2v) is 5.27. The maximum atomic E-state index is 3.28. The Kier molecular flexibility index (Phi) is 6.26. The molecule has 0 amide bonds. The zero-order chi connectivity index (χ0) is 11.1. The number of piperidine rings is 1. The normalized spacial score (nSPS) is 20.8. The fourth-order valence-electron chi connectivity index (χ4n) is 2.59. The molecule has 0 aromatic rings. The summed E-state index contributed by atoms with van der Waals surface area (Å²) in [5, 5.41) is 3.28. The van der Waals surface area contributed by atoms with Gasteiger partial charge in [-0.25, -0.2) is 0 Å². The van der Waals surface area contributed by atoms with Crippen molar-refractivity contribution in [3.05, 3.63) is 0 Å². The van der Waals surface area contributed by atoms with Crippen LogP contribution in [0.25, 0.3) is 0 Å². The number of nitrogens with zero attached hydrogens (tertiary/aromatic N) is 1. The van der Waals surface area contributed by atoms with Gasteiger partial charge in [0.25, 0.3) is 0 Å². The Hall–Kier alpha value is -0.0800. The van der Waals surface area contributed by atoms with Crippen molar-refractivity contribution in [2.24, 2.45) is 5.92 Å². The van der Waals surface area contributed by atoms with Gasteiger partial charge in [0.15, 0.2) is 0 Å². The van der Waals surface area contributed by atoms with Crippen LogP contribution in [0.4, 0.5) is 0 Å². The lowest BCUT2D eigenvalue weighted by molar-refractivity contribution is 0.137. The van der Waals surface area contributed by atoms with Gasteiger partial charge < -0.3 is 10.2 Å². The summed E-state index contributed by atoms with van der Waals surface area (Å²) in [6.07, 6.45) is 6.94. The van der Waals surface area contributed by atoms with Crippen molar-refractivity contribution in [3.8, 4) is 0 Å². The molecular weight excluding hydrogens is 184 g/mol. The van der Waals surface area contributed by atoms with E-state index in [9.17, 15) is 0 Å². The van der Waals surface area contributed by atoms with Crippen LogP contribution in [-0.4, -0.2) is 37.6 Å². The molecule has 15 heavy (non-hydrogen) atoms. The average Bonchev–Trinajstić information content (AvgIpc) is 2.25. The predicted molar refractivity (Wildman–Crippen MR) is 67.2 cm³/mol. The highest BCUT2D eigenvalue weighted by Crippen LogP contribution is 2.19. The van der Waals surface area contributed by atoms with Crippen LogP contribution in [0.2, 0.25) is 0 Å². The molecule has 1 rings (SSSR count). The van der Waals surface area contributed by atoms with Crippen LogP contribution in [0.5, 0.6) is 0 Å². The minimum atomic E-state index is 0.817. The molecule has 1 aliphatic heterocycles. The van der Waals surface area contributed by atoms with E-state index in [0.29, 0.717) is 0 Å². The van der Waals surface area contributed by atoms with E-state index >= 15 is 0 Å². The van der Waals surface area contributed by atoms with E-state index in [1.54, 1.807) is 0 Å². The predicted octanol–water partition coefficient (Wildman–Crippen LogP) is 2.50. The number of rotatable bonds is 6. The van der Waals surface area contributed by atoms with Gasteiger partial charge in [-0.1, -0.05) is 20.3 Å². The Morgan fingerprint density at radius 2 is 1.80 bits per heavy atom. The van der Waals surface area contributed by atoms with Crippen LogP contribution in [0.3, 0.4) is 0 Å². The average molecular weight is 212 g/mol. The number of likely N-dealkylation sites (tertiary alicyclic amines) is 1. The van der Waals surface area contributed by atoms with Crippen LogP contribution in [0.15, 0.2) is 0 Å². The minimum absolute atomic E-state index is 0.817. The van der Waals surface area contributed by atoms with Crippen LogP contribution in [0.1, 0.15) is 46.0 Å². The Labute approximate surface area is 95.4 Å². The molecule has 2 heteroatoms. The standard InChI is InChI=1S/C13H28N2/c1-12(2)11-13(7-8-14-3)15-9-5-4-6-10-15/h12-14H,4-11H2,1-3H3. The maximum Gasteiger partial charge on any atom is 0.0110 e. The lowest BCUT2D eigenvalue weighted by Gasteiger charge is -2.35. The molecule has 1 saturated heterocycles. The van der Waals surface area contributed by atoms with E-state index < -0.39 is 0 Å². The van der Waals surface area contributed by atoms with Gasteiger partial charge in [-0.3, -0.25) is 0 Å². The number of hydrogen-bond acceptors (Lipinski definition) is 2. The summed E-state index contributed by atoms with van der Waals surface area (Å²) in [5.74, 6) is 0.828. The second kappa shape index (κ2) is 7.24. The van der Waals surface area contributed by atoms with Gasteiger partial charge >= 0.3 is 0 Å². The summed E-state index contributed by atoms with van der Waals surface area (Å²) in [6, 6.07) is 0.817. The van der Waals surface area contributed by atoms with Crippen molar-refractivity contribution in [2.75, 3.05) is 26.7 Å². The van der Waals surface area contributed by atoms with Crippen molar-refractivity contribution in [3.63, 3.8) is 0 Å². The van der Waals surface area contributed by atoms with E-state index in [2.05, 4.69) is 31.1 Å². The highest BCUT2D eigenvalue weighted by Gasteiger charge is 2.20. The van der Waals surface area contributed by atoms with Gasteiger partial charge in [-0.15, -0.1) is 0 Å². The van der Waals surface area contributed by atoms with E-state index in [1.165, 1.54) is 45.2 Å². The SMILES string of the molecule is CNCCC(CC(C)C)N1CCCCC1. The second-order valence-electron chi connectivity index (χ2n) is 5.27. The quantitative estimate of drug-likeness (QED) is 0.728. The lowest BCUT2D eigenvalue weighted by Crippen LogP contribution is -2.41. The van der Waals surface area contributed by atoms with Gasteiger partial charge in [0.05, 0.1) is 0 Å². The monoisotopic (exact) mass is 212 g/mol. The molecule has 90 valence electrons. The zero-order valence-electron chi connectivity index (χ0n) is 10.8. The van der Waals surface area contributed by atoms with E-state index in [1.807, 2.05) is 0 Å². The molecule has 1 aliphatic rings. The molecule has 0 radical (unpaired) electrons. The van der Waals surface area contributed by atoms with Crippen molar-refractivity contribution in [1.82, 2.24) is 10.2 Å². The minimum Gasteiger partial charge on any atom is -0.320 e. The number of hydrogen-bond donors (Lipinski definition) is 1. The highest BCUT2D eigenvalue weighted by molar-refractivity contribution is 4.76. The summed E-state index contributed by atoms with van der Waals surface area (Å²) in [6.45, 7) is 8.52. The third-order valence-corrected chi connectivity index (χ3v) is 3.38. The first-order chi connectivity index (χ1) is 7.24. The van der Waals surface area contributed by atoms with E-state index in [4.69, 9.17) is 0 Å². The van der Waals surface area contributed by atoms with Gasteiger partial charge in [0.1, 0.15) is 0 Å². The molecule has 0 saturated carbocycles. The first-order valence-electron chi connectivity index (χ1n) is 6.62. The molecule has 1 N–H and O–H groups in total. The molecule has 1 atom stereocenters. The third-order valence-electron chi connectivity index (χ3n) is 3.38. The molecule has 1 unspecified atom stereocenters. The third kappa shape index (κ3) is 4.98. The molecule has 0 bridgehead atoms. The molecule has 0 aliphatic carbocycles. The van der Waals surface area contributed by atoms with E-state index in [-0.39, 0.29) is 0 Å². The molecular formula is C13H28N2. The van der Waals surface area contributed by atoms with Crippen LogP contribution < -0.4 is 5.32 Å². The fraction of sp³-hybridized carbons (Fsp3) is 1.00. The van der Waals surface area contributed by atoms with Gasteiger partial charge in [0.2, 0.25) is 0 Å². The first-order valence-corrected chi connectivity index (χ1v) is 6.62. The molecule has 0 aromatic heterocycles. The Balaban J connectivity index is 2.37. The Morgan fingerprint density at radius 1 is 1.13 bits per heavy atom. The molecule has 1 fully saturated rings. The van der Waals surface area contributed by atoms with Crippen molar-refractivity contribution >= 4 is 0 Å². The van der Waals surface area contributed by atoms with E-state index in [0.717, 1.165) is 18.5 Å². The number of nitrogens with one attached hydrogen (secondary N) is 1. The summed E-state index contributed by atoms with van der Waals surface area (Å²) in [4.78, 5) is 2.72. The fourth-order valence-corrected chi connectivity index (χ4v) is 2.59. The van der Waals surface area contributed by atoms with Crippen molar-refractivity contribution in [1.29, 1.82) is 0 Å². The lowest BCUT2D eigenvalue weighted by atomic mass is 9.97. The van der Waals surface area contributed by atoms with Crippen LogP contribution in [-0.2, 0) is 0 Å². The molecule has 1 heterocycles. The topological polar surface area (TPSA) is 15.3 Å². The first kappa shape index (κ1) is 13.0. The van der Waals surface area contributed by atoms with Gasteiger partial charge in [-0.05, 0) is 58.3 Å². The van der Waals surface area contributed by atoms with Gasteiger partial charge in [-0.2, -0.15) is 0 Å². The summed E-state index contributed by atoms with van der Waals surface area (Å²) >= 11 is 0.